The van der Waals surface area contributed by atoms with Gasteiger partial charge in [-0.3, -0.25) is 29.9 Å². The Hall–Kier alpha value is -3.64. The number of nitro groups is 2. The first-order chi connectivity index (χ1) is 13.2. The van der Waals surface area contributed by atoms with Gasteiger partial charge in [-0.25, -0.2) is 0 Å². The molecule has 2 N–H and O–H groups in total. The van der Waals surface area contributed by atoms with Crippen LogP contribution in [0.15, 0.2) is 42.7 Å². The third kappa shape index (κ3) is 3.33. The topological polar surface area (TPSA) is 154 Å². The van der Waals surface area contributed by atoms with Gasteiger partial charge >= 0.3 is 5.69 Å². The van der Waals surface area contributed by atoms with Crippen LogP contribution in [-0.4, -0.2) is 50.0 Å². The van der Waals surface area contributed by atoms with Crippen LogP contribution in [0.4, 0.5) is 17.1 Å². The molecule has 1 aliphatic rings. The lowest BCUT2D eigenvalue weighted by molar-refractivity contribution is -0.600. The van der Waals surface area contributed by atoms with Gasteiger partial charge in [0.25, 0.3) is 11.4 Å². The SMILES string of the molecule is CC(=O)N1CC(O)N(c2cc[n+](-c3ccc([N+](=O)[O-])cc3[N+](=O)[O-])cc2)C1O. The molecular weight excluding hydrogens is 374 g/mol. The number of hydrogen-bond donors (Lipinski definition) is 2. The minimum absolute atomic E-state index is 0.0702. The Morgan fingerprint density at radius 3 is 2.29 bits per heavy atom. The summed E-state index contributed by atoms with van der Waals surface area (Å²) < 4.78 is 1.38. The highest BCUT2D eigenvalue weighted by atomic mass is 16.6. The van der Waals surface area contributed by atoms with E-state index in [4.69, 9.17) is 0 Å². The highest BCUT2D eigenvalue weighted by molar-refractivity contribution is 5.74. The molecule has 1 fully saturated rings. The number of rotatable bonds is 4. The molecule has 1 aliphatic heterocycles. The molecule has 0 saturated carbocycles. The second kappa shape index (κ2) is 7.17. The Balaban J connectivity index is 1.95. The summed E-state index contributed by atoms with van der Waals surface area (Å²) in [6, 6.07) is 6.26. The van der Waals surface area contributed by atoms with Crippen molar-refractivity contribution in [3.05, 3.63) is 63.0 Å². The molecule has 0 spiro atoms. The lowest BCUT2D eigenvalue weighted by Gasteiger charge is -2.26. The zero-order valence-corrected chi connectivity index (χ0v) is 14.6. The maximum Gasteiger partial charge on any atom is 0.347 e. The fraction of sp³-hybridized carbons (Fsp3) is 0.250. The second-order valence-corrected chi connectivity index (χ2v) is 6.06. The van der Waals surface area contributed by atoms with Crippen molar-refractivity contribution in [1.29, 1.82) is 0 Å². The maximum atomic E-state index is 11.5. The highest BCUT2D eigenvalue weighted by Crippen LogP contribution is 2.27. The zero-order valence-electron chi connectivity index (χ0n) is 14.6. The van der Waals surface area contributed by atoms with Crippen LogP contribution in [0.25, 0.3) is 5.69 Å². The third-order valence-electron chi connectivity index (χ3n) is 4.37. The molecule has 0 radical (unpaired) electrons. The normalized spacial score (nSPS) is 19.0. The zero-order chi connectivity index (χ0) is 20.6. The Labute approximate surface area is 157 Å². The maximum absolute atomic E-state index is 11.5. The van der Waals surface area contributed by atoms with E-state index in [-0.39, 0.29) is 12.2 Å². The molecule has 1 amide bonds. The van der Waals surface area contributed by atoms with E-state index in [1.807, 2.05) is 0 Å². The monoisotopic (exact) mass is 390 g/mol. The van der Waals surface area contributed by atoms with Crippen LogP contribution in [0.2, 0.25) is 0 Å². The predicted molar refractivity (Wildman–Crippen MR) is 93.2 cm³/mol. The summed E-state index contributed by atoms with van der Waals surface area (Å²) in [5.41, 5.74) is -0.365. The van der Waals surface area contributed by atoms with E-state index in [2.05, 4.69) is 0 Å². The van der Waals surface area contributed by atoms with Gasteiger partial charge in [0, 0.05) is 31.2 Å². The summed E-state index contributed by atoms with van der Waals surface area (Å²) in [7, 11) is 0. The number of nitro benzene ring substituents is 2. The van der Waals surface area contributed by atoms with E-state index in [0.717, 1.165) is 17.0 Å². The molecule has 0 bridgehead atoms. The largest absolute Gasteiger partial charge is 0.372 e. The number of carbonyl (C=O) groups excluding carboxylic acids is 1. The number of nitrogens with zero attached hydrogens (tertiary/aromatic N) is 5. The number of amides is 1. The molecule has 12 nitrogen and oxygen atoms in total. The van der Waals surface area contributed by atoms with Crippen LogP contribution in [0.1, 0.15) is 6.92 Å². The Morgan fingerprint density at radius 1 is 1.14 bits per heavy atom. The van der Waals surface area contributed by atoms with Crippen LogP contribution >= 0.6 is 0 Å². The van der Waals surface area contributed by atoms with Crippen LogP contribution in [0.5, 0.6) is 0 Å². The average Bonchev–Trinajstić information content (AvgIpc) is 2.96. The predicted octanol–water partition coefficient (Wildman–Crippen LogP) is 0.0425. The van der Waals surface area contributed by atoms with Crippen LogP contribution in [-0.2, 0) is 4.79 Å². The first kappa shape index (κ1) is 19.1. The minimum atomic E-state index is -1.35. The fourth-order valence-corrected chi connectivity index (χ4v) is 3.00. The van der Waals surface area contributed by atoms with E-state index >= 15 is 0 Å². The fourth-order valence-electron chi connectivity index (χ4n) is 3.00. The van der Waals surface area contributed by atoms with Crippen molar-refractivity contribution < 1.29 is 29.4 Å². The molecule has 2 atom stereocenters. The number of aliphatic hydroxyl groups excluding tert-OH is 2. The van der Waals surface area contributed by atoms with Gasteiger partial charge in [-0.15, -0.1) is 0 Å². The highest BCUT2D eigenvalue weighted by Gasteiger charge is 2.39. The van der Waals surface area contributed by atoms with E-state index in [0.29, 0.717) is 5.69 Å². The number of non-ortho nitro benzene ring substituents is 1. The van der Waals surface area contributed by atoms with E-state index in [1.54, 1.807) is 0 Å². The molecule has 12 heteroatoms. The molecule has 0 aliphatic carbocycles. The van der Waals surface area contributed by atoms with Gasteiger partial charge in [0.15, 0.2) is 12.4 Å². The standard InChI is InChI=1S/C16H16N5O7/c1-10(22)18-9-15(23)19(16(18)24)11-4-6-17(7-5-11)13-3-2-12(20(25)26)8-14(13)21(27)28/h2-8,15-16,23-24H,9H2,1H3/q+1. The molecule has 3 rings (SSSR count). The van der Waals surface area contributed by atoms with Crippen molar-refractivity contribution in [2.45, 2.75) is 19.5 Å². The molecular formula is C16H16N5O7+. The first-order valence-corrected chi connectivity index (χ1v) is 8.07. The molecule has 1 aromatic carbocycles. The number of benzene rings is 1. The number of pyridine rings is 1. The quantitative estimate of drug-likeness (QED) is 0.421. The van der Waals surface area contributed by atoms with Crippen molar-refractivity contribution in [1.82, 2.24) is 4.90 Å². The average molecular weight is 390 g/mol. The molecule has 2 aromatic rings. The lowest BCUT2D eigenvalue weighted by Crippen LogP contribution is -2.42. The van der Waals surface area contributed by atoms with Gasteiger partial charge in [-0.2, -0.15) is 4.57 Å². The van der Waals surface area contributed by atoms with Crippen molar-refractivity contribution in [3.8, 4) is 5.69 Å². The second-order valence-electron chi connectivity index (χ2n) is 6.06. The first-order valence-electron chi connectivity index (χ1n) is 8.07. The number of carbonyl (C=O) groups is 1. The van der Waals surface area contributed by atoms with E-state index in [9.17, 15) is 35.2 Å². The number of aliphatic hydroxyl groups is 2. The van der Waals surface area contributed by atoms with Gasteiger partial charge in [0.05, 0.1) is 22.1 Å². The van der Waals surface area contributed by atoms with E-state index in [1.165, 1.54) is 47.0 Å². The summed E-state index contributed by atoms with van der Waals surface area (Å²) in [5, 5.41) is 42.5. The minimum Gasteiger partial charge on any atom is -0.372 e. The van der Waals surface area contributed by atoms with Gasteiger partial charge in [-0.05, 0) is 0 Å². The molecule has 28 heavy (non-hydrogen) atoms. The number of aromatic nitrogens is 1. The third-order valence-corrected chi connectivity index (χ3v) is 4.37. The molecule has 1 saturated heterocycles. The van der Waals surface area contributed by atoms with Crippen molar-refractivity contribution in [2.24, 2.45) is 0 Å². The number of anilines is 1. The van der Waals surface area contributed by atoms with E-state index < -0.39 is 39.7 Å². The molecule has 146 valence electrons. The summed E-state index contributed by atoms with van der Waals surface area (Å²) in [6.45, 7) is 1.20. The van der Waals surface area contributed by atoms with Gasteiger partial charge in [-0.1, -0.05) is 0 Å². The molecule has 2 unspecified atom stereocenters. The Kier molecular flexibility index (Phi) is 4.90. The van der Waals surface area contributed by atoms with Crippen LogP contribution < -0.4 is 9.47 Å². The summed E-state index contributed by atoms with van der Waals surface area (Å²) in [5.74, 6) is -0.401. The smallest absolute Gasteiger partial charge is 0.347 e. The number of hydrogen-bond acceptors (Lipinski definition) is 8. The lowest BCUT2D eigenvalue weighted by atomic mass is 10.2. The van der Waals surface area contributed by atoms with Crippen LogP contribution in [0, 0.1) is 20.2 Å². The van der Waals surface area contributed by atoms with Gasteiger partial charge < -0.3 is 15.1 Å². The summed E-state index contributed by atoms with van der Waals surface area (Å²) >= 11 is 0. The van der Waals surface area contributed by atoms with Crippen molar-refractivity contribution in [3.63, 3.8) is 0 Å². The van der Waals surface area contributed by atoms with Crippen molar-refractivity contribution >= 4 is 23.0 Å². The van der Waals surface area contributed by atoms with Gasteiger partial charge in [0.1, 0.15) is 12.3 Å². The summed E-state index contributed by atoms with van der Waals surface area (Å²) in [6.07, 6.45) is 0.416. The molecule has 2 heterocycles. The Bertz CT molecular complexity index is 949. The Morgan fingerprint density at radius 2 is 1.79 bits per heavy atom. The van der Waals surface area contributed by atoms with Crippen LogP contribution in [0.3, 0.4) is 0 Å². The van der Waals surface area contributed by atoms with Crippen molar-refractivity contribution in [2.75, 3.05) is 11.4 Å². The number of β-amino-alcohol motifs (C(OH)–C–C–N with tert-alkyl or cyclic N) is 1. The van der Waals surface area contributed by atoms with Gasteiger partial charge in [0.2, 0.25) is 12.3 Å². The molecule has 1 aromatic heterocycles. The summed E-state index contributed by atoms with van der Waals surface area (Å²) in [4.78, 5) is 34.5.